The van der Waals surface area contributed by atoms with Crippen LogP contribution in [0, 0.1) is 23.7 Å². The van der Waals surface area contributed by atoms with Crippen molar-refractivity contribution in [1.82, 2.24) is 10.2 Å². The fraction of sp³-hybridized carbons (Fsp3) is 0.621. The average Bonchev–Trinajstić information content (AvgIpc) is 3.53. The molecule has 7 nitrogen and oxygen atoms in total. The van der Waals surface area contributed by atoms with Crippen molar-refractivity contribution in [3.05, 3.63) is 36.4 Å². The van der Waals surface area contributed by atoms with E-state index in [0.717, 1.165) is 30.6 Å². The van der Waals surface area contributed by atoms with Gasteiger partial charge in [-0.3, -0.25) is 14.4 Å². The first-order valence-electron chi connectivity index (χ1n) is 13.7. The van der Waals surface area contributed by atoms with Crippen LogP contribution in [0.2, 0.25) is 0 Å². The van der Waals surface area contributed by atoms with Crippen LogP contribution in [-0.2, 0) is 19.1 Å². The lowest BCUT2D eigenvalue weighted by molar-refractivity contribution is -0.141. The summed E-state index contributed by atoms with van der Waals surface area (Å²) in [4.78, 5) is 44.2. The first-order chi connectivity index (χ1) is 17.8. The van der Waals surface area contributed by atoms with Crippen molar-refractivity contribution in [2.75, 3.05) is 18.1 Å². The average molecular weight is 526 g/mol. The predicted molar refractivity (Wildman–Crippen MR) is 145 cm³/mol. The van der Waals surface area contributed by atoms with Crippen molar-refractivity contribution >= 4 is 35.2 Å². The summed E-state index contributed by atoms with van der Waals surface area (Å²) in [7, 11) is 0. The van der Waals surface area contributed by atoms with Crippen molar-refractivity contribution in [3.63, 3.8) is 0 Å². The highest BCUT2D eigenvalue weighted by atomic mass is 32.2. The molecule has 2 saturated heterocycles. The molecule has 3 heterocycles. The number of benzene rings is 1. The zero-order chi connectivity index (χ0) is 26.3. The van der Waals surface area contributed by atoms with E-state index in [9.17, 15) is 14.4 Å². The normalized spacial score (nSPS) is 36.1. The molecule has 0 aromatic heterocycles. The highest BCUT2D eigenvalue weighted by Crippen LogP contribution is 2.55. The molecular formula is C29H39N3O4S. The molecule has 1 aliphatic carbocycles. The van der Waals surface area contributed by atoms with Gasteiger partial charge in [0.1, 0.15) is 11.6 Å². The molecule has 3 amide bonds. The van der Waals surface area contributed by atoms with Gasteiger partial charge in [-0.05, 0) is 49.1 Å². The van der Waals surface area contributed by atoms with Crippen molar-refractivity contribution in [1.29, 1.82) is 0 Å². The van der Waals surface area contributed by atoms with Gasteiger partial charge in [0, 0.05) is 23.2 Å². The zero-order valence-corrected chi connectivity index (χ0v) is 23.1. The summed E-state index contributed by atoms with van der Waals surface area (Å²) in [6.45, 7) is 7.00. The van der Waals surface area contributed by atoms with Gasteiger partial charge in [0.25, 0.3) is 0 Å². The molecular weight excluding hydrogens is 486 g/mol. The summed E-state index contributed by atoms with van der Waals surface area (Å²) in [6.07, 6.45) is 10.1. The summed E-state index contributed by atoms with van der Waals surface area (Å²) in [5.41, 5.74) is -0.410. The van der Waals surface area contributed by atoms with Gasteiger partial charge >= 0.3 is 0 Å². The molecule has 3 aliphatic heterocycles. The lowest BCUT2D eigenvalue weighted by Gasteiger charge is -2.38. The van der Waals surface area contributed by atoms with Crippen LogP contribution in [0.3, 0.4) is 0 Å². The van der Waals surface area contributed by atoms with E-state index < -0.39 is 29.6 Å². The van der Waals surface area contributed by atoms with E-state index in [1.807, 2.05) is 42.7 Å². The number of amides is 3. The Bertz CT molecular complexity index is 1090. The van der Waals surface area contributed by atoms with Gasteiger partial charge in [-0.1, -0.05) is 58.3 Å². The smallest absolute Gasteiger partial charge is 0.246 e. The third-order valence-corrected chi connectivity index (χ3v) is 9.77. The van der Waals surface area contributed by atoms with Crippen LogP contribution in [0.5, 0.6) is 0 Å². The highest BCUT2D eigenvalue weighted by Gasteiger charge is 2.72. The lowest BCUT2D eigenvalue weighted by Crippen LogP contribution is -2.58. The molecule has 4 aliphatic rings. The third kappa shape index (κ3) is 4.50. The first-order valence-corrected chi connectivity index (χ1v) is 15.0. The Morgan fingerprint density at radius 3 is 2.78 bits per heavy atom. The Labute approximate surface area is 224 Å². The summed E-state index contributed by atoms with van der Waals surface area (Å²) >= 11 is 1.60. The fourth-order valence-electron chi connectivity index (χ4n) is 6.81. The monoisotopic (exact) mass is 525 g/mol. The maximum Gasteiger partial charge on any atom is 0.246 e. The summed E-state index contributed by atoms with van der Waals surface area (Å²) in [5, 5.41) is 6.32. The number of hydrogen-bond donors (Lipinski definition) is 2. The summed E-state index contributed by atoms with van der Waals surface area (Å²) in [5.74, 6) is -1.01. The number of ether oxygens (including phenoxy) is 1. The molecule has 8 heteroatoms. The molecule has 5 rings (SSSR count). The Morgan fingerprint density at radius 1 is 1.22 bits per heavy atom. The lowest BCUT2D eigenvalue weighted by atomic mass is 9.73. The summed E-state index contributed by atoms with van der Waals surface area (Å²) in [6, 6.07) is 6.99. The highest BCUT2D eigenvalue weighted by molar-refractivity contribution is 7.98. The number of anilines is 1. The molecule has 1 aromatic carbocycles. The molecule has 1 saturated carbocycles. The Morgan fingerprint density at radius 2 is 2.03 bits per heavy atom. The summed E-state index contributed by atoms with van der Waals surface area (Å²) < 4.78 is 6.45. The van der Waals surface area contributed by atoms with Crippen LogP contribution < -0.4 is 10.6 Å². The molecule has 1 spiro atoms. The first kappa shape index (κ1) is 26.3. The second-order valence-electron chi connectivity index (χ2n) is 11.2. The van der Waals surface area contributed by atoms with Gasteiger partial charge in [0.2, 0.25) is 17.7 Å². The number of unbranched alkanes of at least 4 members (excludes halogenated alkanes) is 1. The van der Waals surface area contributed by atoms with Crippen LogP contribution >= 0.6 is 11.8 Å². The van der Waals surface area contributed by atoms with Gasteiger partial charge in [-0.2, -0.15) is 0 Å². The predicted octanol–water partition coefficient (Wildman–Crippen LogP) is 4.24. The molecule has 2 N–H and O–H groups in total. The fourth-order valence-corrected chi connectivity index (χ4v) is 7.27. The third-order valence-electron chi connectivity index (χ3n) is 9.05. The number of rotatable bonds is 8. The van der Waals surface area contributed by atoms with Crippen molar-refractivity contribution in [2.24, 2.45) is 23.7 Å². The zero-order valence-electron chi connectivity index (χ0n) is 22.2. The van der Waals surface area contributed by atoms with E-state index >= 15 is 0 Å². The molecule has 3 fully saturated rings. The van der Waals surface area contributed by atoms with Crippen LogP contribution in [0.1, 0.15) is 52.9 Å². The molecule has 37 heavy (non-hydrogen) atoms. The number of fused-ring (bicyclic) bond motifs is 1. The van der Waals surface area contributed by atoms with Crippen LogP contribution in [-0.4, -0.2) is 59.2 Å². The molecule has 0 radical (unpaired) electrons. The Hall–Kier alpha value is -2.32. The van der Waals surface area contributed by atoms with Crippen LogP contribution in [0.4, 0.5) is 5.69 Å². The van der Waals surface area contributed by atoms with Gasteiger partial charge < -0.3 is 20.3 Å². The SMILES string of the molecule is CCCCN1C(=O)[C@@H]2[C@H](C(=O)Nc3cccc(SC)c3)[C@@H]3C=C[C@@]2(O3)[C@@H]1C(=O)N[C@@H]1CCC[C@H](C)[C@@H]1C. The van der Waals surface area contributed by atoms with E-state index in [4.69, 9.17) is 4.74 Å². The molecule has 1 aromatic rings. The van der Waals surface area contributed by atoms with Crippen molar-refractivity contribution in [3.8, 4) is 0 Å². The molecule has 2 bridgehead atoms. The largest absolute Gasteiger partial charge is 0.359 e. The van der Waals surface area contributed by atoms with E-state index in [-0.39, 0.29) is 23.8 Å². The van der Waals surface area contributed by atoms with Crippen LogP contribution in [0.25, 0.3) is 0 Å². The number of nitrogens with zero attached hydrogens (tertiary/aromatic N) is 1. The van der Waals surface area contributed by atoms with E-state index in [1.54, 1.807) is 16.7 Å². The number of hydrogen-bond acceptors (Lipinski definition) is 5. The van der Waals surface area contributed by atoms with E-state index in [0.29, 0.717) is 24.1 Å². The van der Waals surface area contributed by atoms with E-state index in [2.05, 4.69) is 31.4 Å². The topological polar surface area (TPSA) is 87.7 Å². The van der Waals surface area contributed by atoms with Crippen LogP contribution in [0.15, 0.2) is 41.3 Å². The number of nitrogens with one attached hydrogen (secondary N) is 2. The second-order valence-corrected chi connectivity index (χ2v) is 12.1. The Kier molecular flexibility index (Phi) is 7.42. The number of thioether (sulfide) groups is 1. The number of carbonyl (C=O) groups excluding carboxylic acids is 3. The number of likely N-dealkylation sites (tertiary alicyclic amines) is 1. The quantitative estimate of drug-likeness (QED) is 0.392. The van der Waals surface area contributed by atoms with Gasteiger partial charge in [0.05, 0.1) is 17.9 Å². The minimum Gasteiger partial charge on any atom is -0.359 e. The minimum atomic E-state index is -1.10. The molecule has 0 unspecified atom stereocenters. The van der Waals surface area contributed by atoms with Crippen molar-refractivity contribution in [2.45, 2.75) is 81.6 Å². The second kappa shape index (κ2) is 10.4. The van der Waals surface area contributed by atoms with E-state index in [1.165, 1.54) is 6.42 Å². The van der Waals surface area contributed by atoms with Gasteiger partial charge in [-0.25, -0.2) is 0 Å². The minimum absolute atomic E-state index is 0.0835. The van der Waals surface area contributed by atoms with Gasteiger partial charge in [-0.15, -0.1) is 11.8 Å². The van der Waals surface area contributed by atoms with Gasteiger partial charge in [0.15, 0.2) is 0 Å². The maximum absolute atomic E-state index is 13.9. The standard InChI is InChI=1S/C29H39N3O4S/c1-5-6-15-32-25(27(34)31-21-12-7-9-17(2)18(21)3)29-14-13-22(36-29)23(24(29)28(32)35)26(33)30-19-10-8-11-20(16-19)37-4/h8,10-11,13-14,16-18,21-25H,5-7,9,12,15H2,1-4H3,(H,30,33)(H,31,34)/t17-,18-,21+,22-,23+,24-,25-,29-/m0/s1. The van der Waals surface area contributed by atoms with Crippen molar-refractivity contribution < 1.29 is 19.1 Å². The maximum atomic E-state index is 13.9. The Balaban J connectivity index is 1.42. The molecule has 8 atom stereocenters. The molecule has 200 valence electrons. The number of carbonyl (C=O) groups is 3.